The van der Waals surface area contributed by atoms with Crippen molar-refractivity contribution in [2.24, 2.45) is 7.05 Å². The van der Waals surface area contributed by atoms with Crippen molar-refractivity contribution in [3.63, 3.8) is 0 Å². The molecule has 1 amide bonds. The fourth-order valence-electron chi connectivity index (χ4n) is 3.80. The maximum Gasteiger partial charge on any atom is 0.345 e. The molecule has 0 unspecified atom stereocenters. The average molecular weight is 381 g/mol. The number of hydrogen-bond donors (Lipinski definition) is 0. The molecule has 0 N–H and O–H groups in total. The van der Waals surface area contributed by atoms with Gasteiger partial charge in [-0.05, 0) is 31.9 Å². The summed E-state index contributed by atoms with van der Waals surface area (Å²) >= 11 is 0. The molecule has 1 aliphatic rings. The number of amides is 1. The smallest absolute Gasteiger partial charge is 0.337 e. The van der Waals surface area contributed by atoms with Crippen molar-refractivity contribution < 1.29 is 4.79 Å². The Morgan fingerprint density at radius 3 is 2.79 bits per heavy atom. The Bertz CT molecular complexity index is 1030. The number of aromatic nitrogens is 6. The predicted molar refractivity (Wildman–Crippen MR) is 102 cm³/mol. The summed E-state index contributed by atoms with van der Waals surface area (Å²) in [6.07, 6.45) is 3.26. The van der Waals surface area contributed by atoms with Crippen molar-refractivity contribution >= 4 is 5.91 Å². The molecule has 3 aromatic rings. The van der Waals surface area contributed by atoms with Gasteiger partial charge in [0, 0.05) is 32.6 Å². The zero-order valence-corrected chi connectivity index (χ0v) is 16.0. The van der Waals surface area contributed by atoms with Gasteiger partial charge in [-0.2, -0.15) is 5.10 Å². The molecular formula is C19H23N7O2. The predicted octanol–water partition coefficient (Wildman–Crippen LogP) is 1.20. The van der Waals surface area contributed by atoms with Crippen LogP contribution in [0.15, 0.2) is 41.3 Å². The van der Waals surface area contributed by atoms with Gasteiger partial charge in [0.15, 0.2) is 5.69 Å². The molecule has 9 nitrogen and oxygen atoms in total. The highest BCUT2D eigenvalue weighted by Crippen LogP contribution is 2.26. The van der Waals surface area contributed by atoms with E-state index in [9.17, 15) is 9.59 Å². The quantitative estimate of drug-likeness (QED) is 0.677. The molecule has 1 atom stereocenters. The summed E-state index contributed by atoms with van der Waals surface area (Å²) in [7, 11) is 1.66. The van der Waals surface area contributed by atoms with Crippen molar-refractivity contribution in [2.45, 2.75) is 32.2 Å². The highest BCUT2D eigenvalue weighted by atomic mass is 16.2. The monoisotopic (exact) mass is 381 g/mol. The number of piperidine rings is 1. The van der Waals surface area contributed by atoms with Crippen LogP contribution >= 0.6 is 0 Å². The molecule has 0 bridgehead atoms. The van der Waals surface area contributed by atoms with Gasteiger partial charge in [0.2, 0.25) is 0 Å². The number of hydrogen-bond acceptors (Lipinski definition) is 5. The summed E-state index contributed by atoms with van der Waals surface area (Å²) < 4.78 is 4.62. The third-order valence-corrected chi connectivity index (χ3v) is 5.20. The van der Waals surface area contributed by atoms with E-state index < -0.39 is 0 Å². The van der Waals surface area contributed by atoms with Crippen LogP contribution in [0.2, 0.25) is 0 Å². The first-order chi connectivity index (χ1) is 13.6. The Kier molecular flexibility index (Phi) is 4.81. The van der Waals surface area contributed by atoms with Crippen molar-refractivity contribution in [1.82, 2.24) is 34.2 Å². The van der Waals surface area contributed by atoms with E-state index in [2.05, 4.69) is 15.4 Å². The van der Waals surface area contributed by atoms with Gasteiger partial charge in [0.05, 0.1) is 11.9 Å². The summed E-state index contributed by atoms with van der Waals surface area (Å²) in [5.74, 6) is 0.676. The molecule has 2 aromatic heterocycles. The van der Waals surface area contributed by atoms with E-state index in [-0.39, 0.29) is 17.5 Å². The number of carbonyl (C=O) groups is 1. The van der Waals surface area contributed by atoms with Gasteiger partial charge in [-0.15, -0.1) is 5.10 Å². The van der Waals surface area contributed by atoms with E-state index in [4.69, 9.17) is 0 Å². The van der Waals surface area contributed by atoms with E-state index in [0.29, 0.717) is 25.3 Å². The Morgan fingerprint density at radius 2 is 2.04 bits per heavy atom. The van der Waals surface area contributed by atoms with Gasteiger partial charge in [-0.1, -0.05) is 23.4 Å². The maximum absolute atomic E-state index is 13.2. The molecule has 0 radical (unpaired) electrons. The number of likely N-dealkylation sites (tertiary alicyclic amines) is 1. The Hall–Kier alpha value is -3.23. The summed E-state index contributed by atoms with van der Waals surface area (Å²) in [5.41, 5.74) is 1.11. The lowest BCUT2D eigenvalue weighted by molar-refractivity contribution is 0.0694. The first-order valence-corrected chi connectivity index (χ1v) is 9.49. The summed E-state index contributed by atoms with van der Waals surface area (Å²) in [5, 5.41) is 12.4. The van der Waals surface area contributed by atoms with E-state index in [1.807, 2.05) is 42.2 Å². The van der Waals surface area contributed by atoms with Crippen molar-refractivity contribution in [1.29, 1.82) is 0 Å². The van der Waals surface area contributed by atoms with Crippen LogP contribution in [0.5, 0.6) is 0 Å². The minimum absolute atomic E-state index is 0.0348. The number of para-hydroxylation sites is 1. The molecule has 28 heavy (non-hydrogen) atoms. The number of nitrogens with zero attached hydrogens (tertiary/aromatic N) is 7. The molecule has 3 heterocycles. The summed E-state index contributed by atoms with van der Waals surface area (Å²) in [4.78, 5) is 27.2. The summed E-state index contributed by atoms with van der Waals surface area (Å²) in [6.45, 7) is 3.69. The zero-order chi connectivity index (χ0) is 19.7. The minimum atomic E-state index is -0.118. The standard InChI is InChI=1S/C19H23N7O2/c1-3-25-17(21-23(2)19(25)28)14-8-7-11-24(13-14)18(27)16-12-20-22-26(16)15-9-5-4-6-10-15/h4-6,9-10,12,14H,3,7-8,11,13H2,1-2H3/t14-/m0/s1. The SMILES string of the molecule is CCn1c([C@H]2CCCN(C(=O)c3cnnn3-c3ccccc3)C2)nn(C)c1=O. The Morgan fingerprint density at radius 1 is 1.25 bits per heavy atom. The molecular weight excluding hydrogens is 358 g/mol. The summed E-state index contributed by atoms with van der Waals surface area (Å²) in [6, 6.07) is 9.48. The molecule has 1 aliphatic heterocycles. The lowest BCUT2D eigenvalue weighted by Gasteiger charge is -2.32. The fourth-order valence-corrected chi connectivity index (χ4v) is 3.80. The van der Waals surface area contributed by atoms with Gasteiger partial charge in [-0.3, -0.25) is 9.36 Å². The fraction of sp³-hybridized carbons (Fsp3) is 0.421. The van der Waals surface area contributed by atoms with Gasteiger partial charge in [-0.25, -0.2) is 14.2 Å². The van der Waals surface area contributed by atoms with E-state index in [1.54, 1.807) is 16.3 Å². The van der Waals surface area contributed by atoms with Crippen LogP contribution < -0.4 is 5.69 Å². The van der Waals surface area contributed by atoms with Crippen LogP contribution in [-0.2, 0) is 13.6 Å². The molecule has 1 fully saturated rings. The van der Waals surface area contributed by atoms with E-state index in [1.165, 1.54) is 10.9 Å². The molecule has 0 spiro atoms. The first-order valence-electron chi connectivity index (χ1n) is 9.49. The van der Waals surface area contributed by atoms with Gasteiger partial charge < -0.3 is 4.90 Å². The van der Waals surface area contributed by atoms with Crippen molar-refractivity contribution in [3.8, 4) is 5.69 Å². The second-order valence-corrected chi connectivity index (χ2v) is 6.97. The third kappa shape index (κ3) is 3.12. The minimum Gasteiger partial charge on any atom is -0.337 e. The third-order valence-electron chi connectivity index (χ3n) is 5.20. The average Bonchev–Trinajstić information content (AvgIpc) is 3.33. The van der Waals surface area contributed by atoms with E-state index >= 15 is 0 Å². The second-order valence-electron chi connectivity index (χ2n) is 6.97. The Labute approximate surface area is 162 Å². The van der Waals surface area contributed by atoms with Gasteiger partial charge in [0.1, 0.15) is 5.82 Å². The van der Waals surface area contributed by atoms with Crippen LogP contribution in [0.25, 0.3) is 5.69 Å². The van der Waals surface area contributed by atoms with Gasteiger partial charge >= 0.3 is 5.69 Å². The zero-order valence-electron chi connectivity index (χ0n) is 16.0. The molecule has 0 aliphatic carbocycles. The van der Waals surface area contributed by atoms with Crippen LogP contribution in [0.1, 0.15) is 42.0 Å². The van der Waals surface area contributed by atoms with Crippen molar-refractivity contribution in [2.75, 3.05) is 13.1 Å². The largest absolute Gasteiger partial charge is 0.345 e. The van der Waals surface area contributed by atoms with Crippen LogP contribution in [0.3, 0.4) is 0 Å². The number of rotatable bonds is 4. The molecule has 0 saturated carbocycles. The number of carbonyl (C=O) groups excluding carboxylic acids is 1. The molecule has 1 aromatic carbocycles. The first kappa shape index (κ1) is 18.1. The molecule has 1 saturated heterocycles. The van der Waals surface area contributed by atoms with E-state index in [0.717, 1.165) is 24.4 Å². The number of aryl methyl sites for hydroxylation is 1. The van der Waals surface area contributed by atoms with Crippen LogP contribution in [0, 0.1) is 0 Å². The lowest BCUT2D eigenvalue weighted by Crippen LogP contribution is -2.40. The molecule has 146 valence electrons. The second kappa shape index (κ2) is 7.41. The highest BCUT2D eigenvalue weighted by Gasteiger charge is 2.31. The topological polar surface area (TPSA) is 90.8 Å². The van der Waals surface area contributed by atoms with Crippen LogP contribution in [-0.4, -0.2) is 53.2 Å². The van der Waals surface area contributed by atoms with Gasteiger partial charge in [0.25, 0.3) is 5.91 Å². The highest BCUT2D eigenvalue weighted by molar-refractivity contribution is 5.93. The maximum atomic E-state index is 13.2. The van der Waals surface area contributed by atoms with Crippen molar-refractivity contribution in [3.05, 3.63) is 58.5 Å². The number of benzene rings is 1. The normalized spacial score (nSPS) is 17.1. The lowest BCUT2D eigenvalue weighted by atomic mass is 9.97. The molecule has 9 heteroatoms. The van der Waals surface area contributed by atoms with Crippen LogP contribution in [0.4, 0.5) is 0 Å². The Balaban J connectivity index is 1.60. The molecule has 4 rings (SSSR count).